The molecular weight excluding hydrogens is 396 g/mol. The number of nitrogens with zero attached hydrogens (tertiary/aromatic N) is 2. The third-order valence-corrected chi connectivity index (χ3v) is 6.59. The van der Waals surface area contributed by atoms with E-state index in [9.17, 15) is 0 Å². The second-order valence-corrected chi connectivity index (χ2v) is 8.68. The molecule has 160 valence electrons. The van der Waals surface area contributed by atoms with Crippen LogP contribution in [0.4, 0.5) is 5.69 Å². The van der Waals surface area contributed by atoms with Gasteiger partial charge in [0.25, 0.3) is 0 Å². The summed E-state index contributed by atoms with van der Waals surface area (Å²) in [7, 11) is 1.84. The van der Waals surface area contributed by atoms with Gasteiger partial charge >= 0.3 is 0 Å². The van der Waals surface area contributed by atoms with E-state index in [1.54, 1.807) is 0 Å². The zero-order valence-electron chi connectivity index (χ0n) is 17.6. The highest BCUT2D eigenvalue weighted by molar-refractivity contribution is 6.30. The van der Waals surface area contributed by atoms with Crippen molar-refractivity contribution in [1.29, 1.82) is 0 Å². The molecule has 2 saturated heterocycles. The first-order chi connectivity index (χ1) is 14.7. The minimum absolute atomic E-state index is 0.00647. The van der Waals surface area contributed by atoms with Crippen LogP contribution in [0.15, 0.2) is 59.6 Å². The number of benzene rings is 2. The summed E-state index contributed by atoms with van der Waals surface area (Å²) in [5.74, 6) is 0.864. The van der Waals surface area contributed by atoms with Crippen molar-refractivity contribution < 1.29 is 4.74 Å². The highest BCUT2D eigenvalue weighted by atomic mass is 35.5. The van der Waals surface area contributed by atoms with E-state index in [0.29, 0.717) is 6.04 Å². The zero-order chi connectivity index (χ0) is 20.8. The maximum Gasteiger partial charge on any atom is 0.191 e. The summed E-state index contributed by atoms with van der Waals surface area (Å²) in [5.41, 5.74) is 2.57. The van der Waals surface area contributed by atoms with E-state index < -0.39 is 0 Å². The van der Waals surface area contributed by atoms with Crippen molar-refractivity contribution in [2.45, 2.75) is 30.7 Å². The van der Waals surface area contributed by atoms with Crippen LogP contribution in [0.3, 0.4) is 0 Å². The molecular formula is C24H31ClN4O. The molecule has 30 heavy (non-hydrogen) atoms. The monoisotopic (exact) mass is 426 g/mol. The number of hydrogen-bond donors (Lipinski definition) is 2. The van der Waals surface area contributed by atoms with Crippen molar-refractivity contribution in [2.75, 3.05) is 44.8 Å². The Morgan fingerprint density at radius 3 is 2.70 bits per heavy atom. The predicted molar refractivity (Wildman–Crippen MR) is 125 cm³/mol. The van der Waals surface area contributed by atoms with Crippen molar-refractivity contribution in [3.05, 3.63) is 65.2 Å². The van der Waals surface area contributed by atoms with Crippen molar-refractivity contribution in [3.8, 4) is 0 Å². The number of rotatable bonds is 5. The average Bonchev–Trinajstić information content (AvgIpc) is 3.26. The van der Waals surface area contributed by atoms with Crippen LogP contribution in [0.1, 0.15) is 24.8 Å². The number of anilines is 1. The van der Waals surface area contributed by atoms with Crippen LogP contribution in [0.25, 0.3) is 0 Å². The molecule has 0 bridgehead atoms. The summed E-state index contributed by atoms with van der Waals surface area (Å²) in [6.45, 7) is 4.40. The Morgan fingerprint density at radius 1 is 1.17 bits per heavy atom. The molecule has 2 aliphatic rings. The molecule has 0 spiro atoms. The van der Waals surface area contributed by atoms with E-state index in [1.807, 2.05) is 19.2 Å². The molecule has 2 aromatic carbocycles. The van der Waals surface area contributed by atoms with E-state index >= 15 is 0 Å². The van der Waals surface area contributed by atoms with E-state index in [1.165, 1.54) is 11.3 Å². The number of ether oxygens (including phenoxy) is 1. The smallest absolute Gasteiger partial charge is 0.191 e. The Labute approximate surface area is 184 Å². The third kappa shape index (κ3) is 4.90. The molecule has 2 aromatic rings. The summed E-state index contributed by atoms with van der Waals surface area (Å²) >= 11 is 6.30. The first-order valence-corrected chi connectivity index (χ1v) is 11.2. The van der Waals surface area contributed by atoms with Crippen molar-refractivity contribution >= 4 is 23.2 Å². The van der Waals surface area contributed by atoms with Gasteiger partial charge in [0.05, 0.1) is 0 Å². The van der Waals surface area contributed by atoms with Gasteiger partial charge in [-0.2, -0.15) is 0 Å². The highest BCUT2D eigenvalue weighted by Crippen LogP contribution is 2.35. The Bertz CT molecular complexity index is 851. The minimum atomic E-state index is 0.00647. The van der Waals surface area contributed by atoms with Gasteiger partial charge in [-0.1, -0.05) is 41.9 Å². The number of guanidine groups is 1. The number of nitrogens with one attached hydrogen (secondary N) is 2. The first kappa shape index (κ1) is 21.0. The quantitative estimate of drug-likeness (QED) is 0.563. The minimum Gasteiger partial charge on any atom is -0.381 e. The normalized spacial score (nSPS) is 21.5. The lowest BCUT2D eigenvalue weighted by Gasteiger charge is -2.38. The fourth-order valence-electron chi connectivity index (χ4n) is 4.54. The summed E-state index contributed by atoms with van der Waals surface area (Å²) in [6.07, 6.45) is 3.05. The van der Waals surface area contributed by atoms with Crippen molar-refractivity contribution in [1.82, 2.24) is 10.6 Å². The molecule has 1 unspecified atom stereocenters. The van der Waals surface area contributed by atoms with Gasteiger partial charge in [0.1, 0.15) is 0 Å². The van der Waals surface area contributed by atoms with E-state index in [0.717, 1.165) is 63.1 Å². The fraction of sp³-hybridized carbons (Fsp3) is 0.458. The molecule has 0 aromatic heterocycles. The fourth-order valence-corrected chi connectivity index (χ4v) is 4.73. The average molecular weight is 427 g/mol. The lowest BCUT2D eigenvalue weighted by molar-refractivity contribution is 0.0513. The van der Waals surface area contributed by atoms with Crippen LogP contribution >= 0.6 is 11.6 Å². The predicted octanol–water partition coefficient (Wildman–Crippen LogP) is 3.83. The molecule has 0 radical (unpaired) electrons. The van der Waals surface area contributed by atoms with Crippen molar-refractivity contribution in [2.24, 2.45) is 4.99 Å². The Morgan fingerprint density at radius 2 is 1.97 bits per heavy atom. The van der Waals surface area contributed by atoms with Gasteiger partial charge in [-0.3, -0.25) is 4.99 Å². The number of halogens is 1. The van der Waals surface area contributed by atoms with E-state index in [-0.39, 0.29) is 5.41 Å². The summed E-state index contributed by atoms with van der Waals surface area (Å²) in [4.78, 5) is 6.92. The Kier molecular flexibility index (Phi) is 6.80. The SMILES string of the molecule is CN=C(NCC1(c2cccc(Cl)c2)CCOCC1)NC1CCN(c2ccccc2)C1. The van der Waals surface area contributed by atoms with Gasteiger partial charge in [-0.05, 0) is 49.1 Å². The molecule has 0 amide bonds. The molecule has 0 aliphatic carbocycles. The van der Waals surface area contributed by atoms with Crippen LogP contribution in [0.2, 0.25) is 5.02 Å². The van der Waals surface area contributed by atoms with Gasteiger partial charge in [0.15, 0.2) is 5.96 Å². The molecule has 5 nitrogen and oxygen atoms in total. The standard InChI is InChI=1S/C24H31ClN4O/c1-26-23(28-21-10-13-29(17-21)22-8-3-2-4-9-22)27-18-24(11-14-30-15-12-24)19-6-5-7-20(25)16-19/h2-9,16,21H,10-15,17-18H2,1H3,(H2,26,27,28). The first-order valence-electron chi connectivity index (χ1n) is 10.8. The summed E-state index contributed by atoms with van der Waals surface area (Å²) in [6, 6.07) is 19.2. The molecule has 2 heterocycles. The lowest BCUT2D eigenvalue weighted by Crippen LogP contribution is -2.50. The molecule has 2 aliphatic heterocycles. The van der Waals surface area contributed by atoms with Gasteiger partial charge in [-0.25, -0.2) is 0 Å². The Balaban J connectivity index is 1.38. The second-order valence-electron chi connectivity index (χ2n) is 8.24. The molecule has 0 saturated carbocycles. The Hall–Kier alpha value is -2.24. The van der Waals surface area contributed by atoms with Crippen LogP contribution in [0, 0.1) is 0 Å². The molecule has 2 fully saturated rings. The van der Waals surface area contributed by atoms with Gasteiger partial charge in [0, 0.05) is 62.1 Å². The van der Waals surface area contributed by atoms with E-state index in [2.05, 4.69) is 63.0 Å². The lowest BCUT2D eigenvalue weighted by atomic mass is 9.74. The van der Waals surface area contributed by atoms with Gasteiger partial charge in [0.2, 0.25) is 0 Å². The summed E-state index contributed by atoms with van der Waals surface area (Å²) in [5, 5.41) is 8.01. The van der Waals surface area contributed by atoms with Crippen LogP contribution in [0.5, 0.6) is 0 Å². The second kappa shape index (κ2) is 9.71. The van der Waals surface area contributed by atoms with Gasteiger partial charge in [-0.15, -0.1) is 0 Å². The number of aliphatic imine (C=N–C) groups is 1. The van der Waals surface area contributed by atoms with E-state index in [4.69, 9.17) is 16.3 Å². The molecule has 6 heteroatoms. The van der Waals surface area contributed by atoms with Gasteiger partial charge < -0.3 is 20.3 Å². The van der Waals surface area contributed by atoms with Crippen LogP contribution in [-0.4, -0.2) is 51.9 Å². The maximum absolute atomic E-state index is 6.30. The maximum atomic E-state index is 6.30. The molecule has 1 atom stereocenters. The van der Waals surface area contributed by atoms with Crippen LogP contribution < -0.4 is 15.5 Å². The summed E-state index contributed by atoms with van der Waals surface area (Å²) < 4.78 is 5.66. The highest BCUT2D eigenvalue weighted by Gasteiger charge is 2.35. The molecule has 4 rings (SSSR count). The third-order valence-electron chi connectivity index (χ3n) is 6.36. The van der Waals surface area contributed by atoms with Crippen LogP contribution in [-0.2, 0) is 10.2 Å². The zero-order valence-corrected chi connectivity index (χ0v) is 18.4. The van der Waals surface area contributed by atoms with Crippen molar-refractivity contribution in [3.63, 3.8) is 0 Å². The molecule has 2 N–H and O–H groups in total. The largest absolute Gasteiger partial charge is 0.381 e. The topological polar surface area (TPSA) is 48.9 Å². The number of para-hydroxylation sites is 1. The number of hydrogen-bond acceptors (Lipinski definition) is 3.